The van der Waals surface area contributed by atoms with Gasteiger partial charge in [-0.05, 0) is 12.3 Å². The molecule has 1 aliphatic heterocycles. The zero-order chi connectivity index (χ0) is 11.4. The van der Waals surface area contributed by atoms with Gasteiger partial charge in [0.1, 0.15) is 6.04 Å². The van der Waals surface area contributed by atoms with E-state index in [4.69, 9.17) is 9.84 Å². The van der Waals surface area contributed by atoms with Gasteiger partial charge in [-0.25, -0.2) is 4.79 Å². The number of aliphatic carboxylic acids is 1. The van der Waals surface area contributed by atoms with Gasteiger partial charge in [-0.15, -0.1) is 0 Å². The molecule has 1 N–H and O–H groups in total. The Labute approximate surface area is 89.0 Å². The van der Waals surface area contributed by atoms with Crippen molar-refractivity contribution < 1.29 is 19.4 Å². The van der Waals surface area contributed by atoms with Crippen LogP contribution in [0.25, 0.3) is 0 Å². The molecule has 0 radical (unpaired) electrons. The van der Waals surface area contributed by atoms with E-state index in [0.29, 0.717) is 26.0 Å². The molecule has 0 aliphatic carbocycles. The molecule has 1 amide bonds. The zero-order valence-electron chi connectivity index (χ0n) is 9.10. The van der Waals surface area contributed by atoms with Gasteiger partial charge in [-0.2, -0.15) is 0 Å². The van der Waals surface area contributed by atoms with Gasteiger partial charge in [-0.1, -0.05) is 6.92 Å². The maximum absolute atomic E-state index is 11.5. The lowest BCUT2D eigenvalue weighted by Crippen LogP contribution is -2.41. The SMILES string of the molecule is COCC(C)CN1C(=O)CCC1C(=O)O. The van der Waals surface area contributed by atoms with Gasteiger partial charge in [0.25, 0.3) is 0 Å². The number of rotatable bonds is 5. The van der Waals surface area contributed by atoms with Crippen molar-refractivity contribution in [2.75, 3.05) is 20.3 Å². The fraction of sp³-hybridized carbons (Fsp3) is 0.800. The van der Waals surface area contributed by atoms with Crippen LogP contribution >= 0.6 is 0 Å². The minimum atomic E-state index is -0.912. The summed E-state index contributed by atoms with van der Waals surface area (Å²) < 4.78 is 4.96. The second kappa shape index (κ2) is 5.11. The molecule has 1 rings (SSSR count). The van der Waals surface area contributed by atoms with Crippen molar-refractivity contribution in [1.29, 1.82) is 0 Å². The van der Waals surface area contributed by atoms with E-state index in [1.807, 2.05) is 6.92 Å². The van der Waals surface area contributed by atoms with Crippen LogP contribution in [0.4, 0.5) is 0 Å². The van der Waals surface area contributed by atoms with Crippen molar-refractivity contribution in [3.8, 4) is 0 Å². The molecule has 5 heteroatoms. The minimum Gasteiger partial charge on any atom is -0.480 e. The maximum Gasteiger partial charge on any atom is 0.326 e. The molecule has 0 aromatic heterocycles. The third-order valence-electron chi connectivity index (χ3n) is 2.57. The number of hydrogen-bond acceptors (Lipinski definition) is 3. The van der Waals surface area contributed by atoms with Gasteiger partial charge in [0.15, 0.2) is 0 Å². The Morgan fingerprint density at radius 3 is 2.93 bits per heavy atom. The highest BCUT2D eigenvalue weighted by Crippen LogP contribution is 2.20. The Morgan fingerprint density at radius 2 is 2.40 bits per heavy atom. The molecule has 0 aromatic rings. The number of amides is 1. The van der Waals surface area contributed by atoms with E-state index in [1.54, 1.807) is 7.11 Å². The van der Waals surface area contributed by atoms with E-state index in [2.05, 4.69) is 0 Å². The predicted octanol–water partition coefficient (Wildman–Crippen LogP) is 0.344. The molecule has 86 valence electrons. The van der Waals surface area contributed by atoms with Gasteiger partial charge in [0.05, 0.1) is 6.61 Å². The van der Waals surface area contributed by atoms with Crippen molar-refractivity contribution in [2.24, 2.45) is 5.92 Å². The third-order valence-corrected chi connectivity index (χ3v) is 2.57. The number of likely N-dealkylation sites (tertiary alicyclic amines) is 1. The number of hydrogen-bond donors (Lipinski definition) is 1. The Hall–Kier alpha value is -1.10. The van der Waals surface area contributed by atoms with Crippen LogP contribution in [0.3, 0.4) is 0 Å². The monoisotopic (exact) mass is 215 g/mol. The first-order chi connectivity index (χ1) is 7.06. The largest absolute Gasteiger partial charge is 0.480 e. The van der Waals surface area contributed by atoms with Crippen LogP contribution in [-0.2, 0) is 14.3 Å². The highest BCUT2D eigenvalue weighted by atomic mass is 16.5. The van der Waals surface area contributed by atoms with Gasteiger partial charge >= 0.3 is 5.97 Å². The molecular formula is C10H17NO4. The molecule has 1 saturated heterocycles. The standard InChI is InChI=1S/C10H17NO4/c1-7(6-15-2)5-11-8(10(13)14)3-4-9(11)12/h7-8H,3-6H2,1-2H3,(H,13,14). The molecule has 1 heterocycles. The Bertz CT molecular complexity index is 254. The molecule has 1 aliphatic rings. The van der Waals surface area contributed by atoms with Gasteiger partial charge in [0.2, 0.25) is 5.91 Å². The van der Waals surface area contributed by atoms with Crippen molar-refractivity contribution >= 4 is 11.9 Å². The summed E-state index contributed by atoms with van der Waals surface area (Å²) in [6.45, 7) is 2.94. The molecular weight excluding hydrogens is 198 g/mol. The molecule has 0 aromatic carbocycles. The lowest BCUT2D eigenvalue weighted by atomic mass is 10.1. The summed E-state index contributed by atoms with van der Waals surface area (Å²) in [4.78, 5) is 23.8. The number of ether oxygens (including phenoxy) is 1. The molecule has 1 fully saturated rings. The van der Waals surface area contributed by atoms with Crippen LogP contribution < -0.4 is 0 Å². The quantitative estimate of drug-likeness (QED) is 0.718. The normalized spacial score (nSPS) is 23.2. The maximum atomic E-state index is 11.5. The number of carboxylic acid groups (broad SMARTS) is 1. The summed E-state index contributed by atoms with van der Waals surface area (Å²) in [5, 5.41) is 8.92. The number of carbonyl (C=O) groups excluding carboxylic acids is 1. The van der Waals surface area contributed by atoms with E-state index in [9.17, 15) is 9.59 Å². The highest BCUT2D eigenvalue weighted by Gasteiger charge is 2.36. The fourth-order valence-electron chi connectivity index (χ4n) is 1.89. The topological polar surface area (TPSA) is 66.8 Å². The van der Waals surface area contributed by atoms with E-state index in [-0.39, 0.29) is 11.8 Å². The Balaban J connectivity index is 2.56. The van der Waals surface area contributed by atoms with Crippen molar-refractivity contribution in [3.63, 3.8) is 0 Å². The van der Waals surface area contributed by atoms with Crippen molar-refractivity contribution in [1.82, 2.24) is 4.90 Å². The summed E-state index contributed by atoms with van der Waals surface area (Å²) in [7, 11) is 1.59. The van der Waals surface area contributed by atoms with E-state index in [1.165, 1.54) is 4.90 Å². The lowest BCUT2D eigenvalue weighted by Gasteiger charge is -2.24. The molecule has 2 unspecified atom stereocenters. The summed E-state index contributed by atoms with van der Waals surface area (Å²) in [5.74, 6) is -0.810. The van der Waals surface area contributed by atoms with Crippen LogP contribution in [-0.4, -0.2) is 48.2 Å². The second-order valence-corrected chi connectivity index (χ2v) is 4.00. The first-order valence-corrected chi connectivity index (χ1v) is 5.07. The fourth-order valence-corrected chi connectivity index (χ4v) is 1.89. The highest BCUT2D eigenvalue weighted by molar-refractivity contribution is 5.87. The van der Waals surface area contributed by atoms with Gasteiger partial charge < -0.3 is 14.7 Å². The number of carbonyl (C=O) groups is 2. The van der Waals surface area contributed by atoms with Gasteiger partial charge in [0, 0.05) is 20.1 Å². The average Bonchev–Trinajstić information content (AvgIpc) is 2.48. The summed E-state index contributed by atoms with van der Waals surface area (Å²) in [6, 6.07) is -0.642. The van der Waals surface area contributed by atoms with Crippen molar-refractivity contribution in [3.05, 3.63) is 0 Å². The van der Waals surface area contributed by atoms with Crippen molar-refractivity contribution in [2.45, 2.75) is 25.8 Å². The first kappa shape index (κ1) is 12.0. The zero-order valence-corrected chi connectivity index (χ0v) is 9.10. The Morgan fingerprint density at radius 1 is 1.73 bits per heavy atom. The van der Waals surface area contributed by atoms with Crippen LogP contribution in [0, 0.1) is 5.92 Å². The summed E-state index contributed by atoms with van der Waals surface area (Å²) in [6.07, 6.45) is 0.768. The summed E-state index contributed by atoms with van der Waals surface area (Å²) >= 11 is 0. The van der Waals surface area contributed by atoms with Crippen LogP contribution in [0.5, 0.6) is 0 Å². The molecule has 0 bridgehead atoms. The van der Waals surface area contributed by atoms with E-state index < -0.39 is 12.0 Å². The smallest absolute Gasteiger partial charge is 0.326 e. The van der Waals surface area contributed by atoms with Gasteiger partial charge in [-0.3, -0.25) is 4.79 Å². The lowest BCUT2D eigenvalue weighted by molar-refractivity contribution is -0.146. The number of nitrogens with zero attached hydrogens (tertiary/aromatic N) is 1. The Kier molecular flexibility index (Phi) is 4.08. The third kappa shape index (κ3) is 2.92. The first-order valence-electron chi connectivity index (χ1n) is 5.07. The molecule has 0 saturated carbocycles. The van der Waals surface area contributed by atoms with Crippen LogP contribution in [0.2, 0.25) is 0 Å². The van der Waals surface area contributed by atoms with Crippen LogP contribution in [0.1, 0.15) is 19.8 Å². The minimum absolute atomic E-state index is 0.0645. The number of methoxy groups -OCH3 is 1. The number of carboxylic acids is 1. The van der Waals surface area contributed by atoms with E-state index in [0.717, 1.165) is 0 Å². The molecule has 15 heavy (non-hydrogen) atoms. The molecule has 0 spiro atoms. The van der Waals surface area contributed by atoms with E-state index >= 15 is 0 Å². The molecule has 5 nitrogen and oxygen atoms in total. The van der Waals surface area contributed by atoms with Crippen LogP contribution in [0.15, 0.2) is 0 Å². The molecule has 2 atom stereocenters. The second-order valence-electron chi connectivity index (χ2n) is 4.00. The summed E-state index contributed by atoms with van der Waals surface area (Å²) in [5.41, 5.74) is 0. The predicted molar refractivity (Wildman–Crippen MR) is 53.4 cm³/mol. The average molecular weight is 215 g/mol.